The average molecular weight is 357 g/mol. The maximum Gasteiger partial charge on any atom is 0.253 e. The Morgan fingerprint density at radius 3 is 2.61 bits per heavy atom. The first-order chi connectivity index (χ1) is 10.6. The van der Waals surface area contributed by atoms with Gasteiger partial charge < -0.3 is 10.2 Å². The van der Waals surface area contributed by atoms with Crippen LogP contribution in [0.5, 0.6) is 0 Å². The van der Waals surface area contributed by atoms with Crippen LogP contribution in [-0.2, 0) is 11.2 Å². The first-order valence-electron chi connectivity index (χ1n) is 7.35. The fourth-order valence-corrected chi connectivity index (χ4v) is 3.05. The van der Waals surface area contributed by atoms with Crippen LogP contribution in [0.1, 0.15) is 17.0 Å². The van der Waals surface area contributed by atoms with Gasteiger partial charge in [0.05, 0.1) is 6.42 Å². The van der Waals surface area contributed by atoms with E-state index in [1.807, 2.05) is 25.0 Å². The standard InChI is InChI=1S/C14H20N6OS.ClH/c1-9-11(8-12(21)19-6-4-15-5-7-19)10(2)20-13(16-9)17-14(18-20)22-3;/h15H,4-8H2,1-3H3;1H. The summed E-state index contributed by atoms with van der Waals surface area (Å²) < 4.78 is 1.74. The third-order valence-corrected chi connectivity index (χ3v) is 4.55. The van der Waals surface area contributed by atoms with Gasteiger partial charge in [-0.2, -0.15) is 4.98 Å². The van der Waals surface area contributed by atoms with E-state index in [-0.39, 0.29) is 18.3 Å². The molecule has 2 aromatic heterocycles. The molecule has 23 heavy (non-hydrogen) atoms. The van der Waals surface area contributed by atoms with E-state index in [9.17, 15) is 4.79 Å². The number of nitrogens with one attached hydrogen (secondary N) is 1. The van der Waals surface area contributed by atoms with Gasteiger partial charge in [-0.15, -0.1) is 17.5 Å². The van der Waals surface area contributed by atoms with Crippen molar-refractivity contribution in [1.82, 2.24) is 29.8 Å². The number of amides is 1. The Bertz CT molecular complexity index is 713. The molecule has 0 radical (unpaired) electrons. The summed E-state index contributed by atoms with van der Waals surface area (Å²) in [6.07, 6.45) is 2.31. The predicted molar refractivity (Wildman–Crippen MR) is 92.4 cm³/mol. The Balaban J connectivity index is 0.00000192. The number of piperazine rings is 1. The van der Waals surface area contributed by atoms with E-state index in [0.29, 0.717) is 17.4 Å². The van der Waals surface area contributed by atoms with Gasteiger partial charge in [0, 0.05) is 43.1 Å². The zero-order valence-corrected chi connectivity index (χ0v) is 15.1. The number of aromatic nitrogens is 4. The Morgan fingerprint density at radius 2 is 1.96 bits per heavy atom. The molecule has 1 aliphatic heterocycles. The lowest BCUT2D eigenvalue weighted by molar-refractivity contribution is -0.131. The Kier molecular flexibility index (Phi) is 5.83. The van der Waals surface area contributed by atoms with E-state index in [1.165, 1.54) is 11.8 Å². The van der Waals surface area contributed by atoms with E-state index in [2.05, 4.69) is 20.4 Å². The molecule has 0 spiro atoms. The van der Waals surface area contributed by atoms with Crippen molar-refractivity contribution in [2.45, 2.75) is 25.4 Å². The van der Waals surface area contributed by atoms with E-state index < -0.39 is 0 Å². The van der Waals surface area contributed by atoms with Crippen molar-refractivity contribution >= 4 is 35.9 Å². The van der Waals surface area contributed by atoms with Crippen LogP contribution in [0.25, 0.3) is 5.78 Å². The minimum atomic E-state index is 0. The number of fused-ring (bicyclic) bond motifs is 1. The van der Waals surface area contributed by atoms with Crippen LogP contribution in [-0.4, -0.2) is 62.8 Å². The molecule has 1 saturated heterocycles. The molecular formula is C14H21ClN6OS. The molecule has 3 heterocycles. The molecule has 0 unspecified atom stereocenters. The van der Waals surface area contributed by atoms with E-state index in [4.69, 9.17) is 0 Å². The third-order valence-electron chi connectivity index (χ3n) is 4.01. The van der Waals surface area contributed by atoms with Gasteiger partial charge in [0.25, 0.3) is 5.78 Å². The van der Waals surface area contributed by atoms with Crippen molar-refractivity contribution in [1.29, 1.82) is 0 Å². The van der Waals surface area contributed by atoms with E-state index in [0.717, 1.165) is 43.1 Å². The van der Waals surface area contributed by atoms with Crippen molar-refractivity contribution in [2.75, 3.05) is 32.4 Å². The summed E-state index contributed by atoms with van der Waals surface area (Å²) in [6.45, 7) is 7.17. The lowest BCUT2D eigenvalue weighted by Crippen LogP contribution is -2.47. The maximum atomic E-state index is 12.5. The number of rotatable bonds is 3. The van der Waals surface area contributed by atoms with Crippen molar-refractivity contribution in [3.63, 3.8) is 0 Å². The summed E-state index contributed by atoms with van der Waals surface area (Å²) >= 11 is 1.49. The minimum Gasteiger partial charge on any atom is -0.340 e. The zero-order chi connectivity index (χ0) is 15.7. The smallest absolute Gasteiger partial charge is 0.253 e. The van der Waals surface area contributed by atoms with Crippen LogP contribution in [0.3, 0.4) is 0 Å². The molecule has 7 nitrogen and oxygen atoms in total. The topological polar surface area (TPSA) is 75.4 Å². The molecule has 2 aromatic rings. The van der Waals surface area contributed by atoms with Crippen LogP contribution in [0.4, 0.5) is 0 Å². The zero-order valence-electron chi connectivity index (χ0n) is 13.5. The molecule has 1 aliphatic rings. The molecule has 1 N–H and O–H groups in total. The van der Waals surface area contributed by atoms with Gasteiger partial charge in [0.2, 0.25) is 11.1 Å². The van der Waals surface area contributed by atoms with Gasteiger partial charge in [0.15, 0.2) is 0 Å². The molecule has 9 heteroatoms. The lowest BCUT2D eigenvalue weighted by Gasteiger charge is -2.27. The highest BCUT2D eigenvalue weighted by molar-refractivity contribution is 7.98. The highest BCUT2D eigenvalue weighted by Gasteiger charge is 2.20. The number of thioether (sulfide) groups is 1. The lowest BCUT2D eigenvalue weighted by atomic mass is 10.1. The van der Waals surface area contributed by atoms with Crippen LogP contribution >= 0.6 is 24.2 Å². The molecule has 126 valence electrons. The van der Waals surface area contributed by atoms with Gasteiger partial charge >= 0.3 is 0 Å². The first kappa shape index (κ1) is 18.0. The summed E-state index contributed by atoms with van der Waals surface area (Å²) in [4.78, 5) is 23.3. The summed E-state index contributed by atoms with van der Waals surface area (Å²) in [5.41, 5.74) is 2.75. The molecule has 0 aromatic carbocycles. The molecule has 0 atom stereocenters. The fourth-order valence-electron chi connectivity index (χ4n) is 2.71. The van der Waals surface area contributed by atoms with Crippen LogP contribution in [0.15, 0.2) is 5.16 Å². The van der Waals surface area contributed by atoms with Gasteiger partial charge in [-0.3, -0.25) is 4.79 Å². The number of nitrogens with zero attached hydrogens (tertiary/aromatic N) is 5. The normalized spacial score (nSPS) is 14.8. The van der Waals surface area contributed by atoms with Gasteiger partial charge in [-0.05, 0) is 20.1 Å². The van der Waals surface area contributed by atoms with Crippen LogP contribution in [0.2, 0.25) is 0 Å². The summed E-state index contributed by atoms with van der Waals surface area (Å²) in [6, 6.07) is 0. The second-order valence-electron chi connectivity index (χ2n) is 5.38. The van der Waals surface area contributed by atoms with Crippen molar-refractivity contribution < 1.29 is 4.79 Å². The second-order valence-corrected chi connectivity index (χ2v) is 6.15. The molecule has 3 rings (SSSR count). The Labute approximate surface area is 145 Å². The SMILES string of the molecule is CSc1nc2nc(C)c(CC(=O)N3CCNCC3)c(C)n2n1.Cl. The summed E-state index contributed by atoms with van der Waals surface area (Å²) in [5, 5.41) is 8.38. The fraction of sp³-hybridized carbons (Fsp3) is 0.571. The first-order valence-corrected chi connectivity index (χ1v) is 8.58. The molecule has 0 bridgehead atoms. The van der Waals surface area contributed by atoms with E-state index in [1.54, 1.807) is 4.52 Å². The second kappa shape index (κ2) is 7.46. The largest absolute Gasteiger partial charge is 0.340 e. The Hall–Kier alpha value is -1.38. The monoisotopic (exact) mass is 356 g/mol. The average Bonchev–Trinajstić information content (AvgIpc) is 2.95. The van der Waals surface area contributed by atoms with Crippen molar-refractivity contribution in [3.05, 3.63) is 17.0 Å². The molecule has 0 aliphatic carbocycles. The van der Waals surface area contributed by atoms with Crippen LogP contribution in [0, 0.1) is 13.8 Å². The summed E-state index contributed by atoms with van der Waals surface area (Å²) in [7, 11) is 0. The number of halogens is 1. The van der Waals surface area contributed by atoms with Gasteiger partial charge in [-0.1, -0.05) is 11.8 Å². The summed E-state index contributed by atoms with van der Waals surface area (Å²) in [5.74, 6) is 0.747. The highest BCUT2D eigenvalue weighted by atomic mass is 35.5. The minimum absolute atomic E-state index is 0. The van der Waals surface area contributed by atoms with Gasteiger partial charge in [-0.25, -0.2) is 9.50 Å². The Morgan fingerprint density at radius 1 is 1.26 bits per heavy atom. The molecule has 1 amide bonds. The number of aryl methyl sites for hydroxylation is 2. The van der Waals surface area contributed by atoms with Crippen LogP contribution < -0.4 is 5.32 Å². The highest BCUT2D eigenvalue weighted by Crippen LogP contribution is 2.17. The van der Waals surface area contributed by atoms with Crippen molar-refractivity contribution in [2.24, 2.45) is 0 Å². The third kappa shape index (κ3) is 3.59. The predicted octanol–water partition coefficient (Wildman–Crippen LogP) is 0.859. The molecule has 0 saturated carbocycles. The number of hydrogen-bond acceptors (Lipinski definition) is 6. The number of carbonyl (C=O) groups excluding carboxylic acids is 1. The van der Waals surface area contributed by atoms with Gasteiger partial charge in [0.1, 0.15) is 0 Å². The molecule has 1 fully saturated rings. The number of carbonyl (C=O) groups is 1. The number of hydrogen-bond donors (Lipinski definition) is 1. The molecular weight excluding hydrogens is 336 g/mol. The quantitative estimate of drug-likeness (QED) is 0.822. The maximum absolute atomic E-state index is 12.5. The van der Waals surface area contributed by atoms with Crippen molar-refractivity contribution in [3.8, 4) is 0 Å². The van der Waals surface area contributed by atoms with E-state index >= 15 is 0 Å².